The van der Waals surface area contributed by atoms with E-state index in [1.54, 1.807) is 6.07 Å². The van der Waals surface area contributed by atoms with Crippen LogP contribution in [0.3, 0.4) is 0 Å². The summed E-state index contributed by atoms with van der Waals surface area (Å²) in [6, 6.07) is 1.54. The molecule has 1 aliphatic heterocycles. The molecule has 2 rings (SSSR count). The third-order valence-corrected chi connectivity index (χ3v) is 3.19. The summed E-state index contributed by atoms with van der Waals surface area (Å²) in [6.45, 7) is 3.48. The predicted molar refractivity (Wildman–Crippen MR) is 69.2 cm³/mol. The molecule has 1 fully saturated rings. The van der Waals surface area contributed by atoms with E-state index in [-0.39, 0.29) is 5.54 Å². The van der Waals surface area contributed by atoms with Crippen LogP contribution in [-0.4, -0.2) is 29.6 Å². The largest absolute Gasteiger partial charge is 0.397 e. The molecule has 1 aromatic rings. The van der Waals surface area contributed by atoms with Crippen molar-refractivity contribution in [3.05, 3.63) is 17.8 Å². The fraction of sp³-hybridized carbons (Fsp3) is 0.500. The Hall–Kier alpha value is -1.82. The van der Waals surface area contributed by atoms with Crippen LogP contribution in [0.15, 0.2) is 12.3 Å². The average Bonchev–Trinajstić information content (AvgIpc) is 2.32. The van der Waals surface area contributed by atoms with Crippen LogP contribution in [0.2, 0.25) is 0 Å². The number of ether oxygens (including phenoxy) is 1. The molecule has 98 valence electrons. The average molecular weight is 250 g/mol. The van der Waals surface area contributed by atoms with E-state index in [0.717, 1.165) is 12.8 Å². The zero-order chi connectivity index (χ0) is 13.2. The van der Waals surface area contributed by atoms with Gasteiger partial charge in [0.2, 0.25) is 0 Å². The van der Waals surface area contributed by atoms with Gasteiger partial charge in [0.15, 0.2) is 0 Å². The Morgan fingerprint density at radius 3 is 2.78 bits per heavy atom. The highest BCUT2D eigenvalue weighted by Crippen LogP contribution is 2.26. The third-order valence-electron chi connectivity index (χ3n) is 3.19. The smallest absolute Gasteiger partial charge is 0.252 e. The van der Waals surface area contributed by atoms with Crippen molar-refractivity contribution in [3.8, 4) is 0 Å². The van der Waals surface area contributed by atoms with Crippen LogP contribution in [0.1, 0.15) is 30.1 Å². The fourth-order valence-electron chi connectivity index (χ4n) is 2.00. The predicted octanol–water partition coefficient (Wildman–Crippen LogP) is 0.744. The monoisotopic (exact) mass is 250 g/mol. The van der Waals surface area contributed by atoms with Crippen LogP contribution in [0.25, 0.3) is 0 Å². The number of primary amides is 1. The third kappa shape index (κ3) is 2.70. The Morgan fingerprint density at radius 1 is 1.50 bits per heavy atom. The maximum absolute atomic E-state index is 11.4. The number of hydrogen-bond acceptors (Lipinski definition) is 5. The minimum absolute atomic E-state index is 0.133. The zero-order valence-electron chi connectivity index (χ0n) is 10.4. The molecule has 0 aromatic carbocycles. The van der Waals surface area contributed by atoms with Gasteiger partial charge in [0, 0.05) is 18.8 Å². The van der Waals surface area contributed by atoms with Crippen LogP contribution in [0.4, 0.5) is 11.5 Å². The first-order valence-electron chi connectivity index (χ1n) is 5.91. The van der Waals surface area contributed by atoms with Gasteiger partial charge in [0.05, 0.1) is 17.4 Å². The van der Waals surface area contributed by atoms with Crippen molar-refractivity contribution in [2.45, 2.75) is 25.3 Å². The van der Waals surface area contributed by atoms with E-state index in [4.69, 9.17) is 16.2 Å². The van der Waals surface area contributed by atoms with Crippen molar-refractivity contribution in [1.29, 1.82) is 0 Å². The molecule has 0 radical (unpaired) electrons. The van der Waals surface area contributed by atoms with E-state index in [9.17, 15) is 4.79 Å². The molecule has 2 heterocycles. The first-order valence-corrected chi connectivity index (χ1v) is 5.91. The van der Waals surface area contributed by atoms with Crippen molar-refractivity contribution >= 4 is 17.4 Å². The summed E-state index contributed by atoms with van der Waals surface area (Å²) in [5.41, 5.74) is 11.6. The van der Waals surface area contributed by atoms with Crippen molar-refractivity contribution in [2.24, 2.45) is 5.73 Å². The van der Waals surface area contributed by atoms with Gasteiger partial charge in [0.1, 0.15) is 5.82 Å². The number of rotatable bonds is 3. The maximum atomic E-state index is 11.4. The van der Waals surface area contributed by atoms with E-state index in [2.05, 4.69) is 17.2 Å². The number of carbonyl (C=O) groups is 1. The highest BCUT2D eigenvalue weighted by molar-refractivity contribution is 5.98. The lowest BCUT2D eigenvalue weighted by Gasteiger charge is -2.35. The Balaban J connectivity index is 2.25. The van der Waals surface area contributed by atoms with Gasteiger partial charge in [-0.25, -0.2) is 4.98 Å². The van der Waals surface area contributed by atoms with Crippen LogP contribution in [0.5, 0.6) is 0 Å². The lowest BCUT2D eigenvalue weighted by Crippen LogP contribution is -2.41. The SMILES string of the molecule is CC1(Nc2ncc(N)cc2C(N)=O)CCOCC1. The van der Waals surface area contributed by atoms with Gasteiger partial charge in [-0.3, -0.25) is 4.79 Å². The second kappa shape index (κ2) is 4.81. The molecule has 18 heavy (non-hydrogen) atoms. The Morgan fingerprint density at radius 2 is 2.17 bits per heavy atom. The standard InChI is InChI=1S/C12H18N4O2/c1-12(2-4-18-5-3-12)16-11-9(10(14)17)6-8(13)7-15-11/h6-7H,2-5,13H2,1H3,(H2,14,17)(H,15,16). The molecule has 0 aliphatic carbocycles. The van der Waals surface area contributed by atoms with Crippen molar-refractivity contribution in [1.82, 2.24) is 4.98 Å². The molecular formula is C12H18N4O2. The number of hydrogen-bond donors (Lipinski definition) is 3. The first kappa shape index (κ1) is 12.6. The molecule has 6 heteroatoms. The Labute approximate surface area is 106 Å². The minimum atomic E-state index is -0.534. The van der Waals surface area contributed by atoms with Crippen molar-refractivity contribution in [2.75, 3.05) is 24.3 Å². The number of nitrogen functional groups attached to an aromatic ring is 1. The van der Waals surface area contributed by atoms with Crippen molar-refractivity contribution < 1.29 is 9.53 Å². The number of nitrogens with zero attached hydrogens (tertiary/aromatic N) is 1. The maximum Gasteiger partial charge on any atom is 0.252 e. The van der Waals surface area contributed by atoms with Gasteiger partial charge in [-0.2, -0.15) is 0 Å². The van der Waals surface area contributed by atoms with Crippen LogP contribution in [0, 0.1) is 0 Å². The van der Waals surface area contributed by atoms with E-state index in [1.165, 1.54) is 6.20 Å². The quantitative estimate of drug-likeness (QED) is 0.734. The summed E-state index contributed by atoms with van der Waals surface area (Å²) in [5.74, 6) is -0.0472. The summed E-state index contributed by atoms with van der Waals surface area (Å²) in [6.07, 6.45) is 3.23. The molecule has 0 saturated carbocycles. The number of nitrogens with two attached hydrogens (primary N) is 2. The first-order chi connectivity index (χ1) is 8.50. The van der Waals surface area contributed by atoms with Crippen LogP contribution in [-0.2, 0) is 4.74 Å². The van der Waals surface area contributed by atoms with Gasteiger partial charge >= 0.3 is 0 Å². The molecule has 6 nitrogen and oxygen atoms in total. The van der Waals surface area contributed by atoms with E-state index >= 15 is 0 Å². The van der Waals surface area contributed by atoms with Gasteiger partial charge in [-0.1, -0.05) is 0 Å². The van der Waals surface area contributed by atoms with Gasteiger partial charge in [0.25, 0.3) is 5.91 Å². The summed E-state index contributed by atoms with van der Waals surface area (Å²) in [7, 11) is 0. The number of nitrogens with one attached hydrogen (secondary N) is 1. The molecule has 0 spiro atoms. The topological polar surface area (TPSA) is 103 Å². The summed E-state index contributed by atoms with van der Waals surface area (Å²) < 4.78 is 5.33. The molecule has 1 aromatic heterocycles. The fourth-order valence-corrected chi connectivity index (χ4v) is 2.00. The number of pyridine rings is 1. The zero-order valence-corrected chi connectivity index (χ0v) is 10.4. The molecule has 1 aliphatic rings. The molecular weight excluding hydrogens is 232 g/mol. The van der Waals surface area contributed by atoms with Gasteiger partial charge in [-0.05, 0) is 25.8 Å². The van der Waals surface area contributed by atoms with Gasteiger partial charge < -0.3 is 21.5 Å². The molecule has 5 N–H and O–H groups in total. The highest BCUT2D eigenvalue weighted by atomic mass is 16.5. The van der Waals surface area contributed by atoms with E-state index in [1.807, 2.05) is 0 Å². The number of anilines is 2. The van der Waals surface area contributed by atoms with Crippen LogP contribution < -0.4 is 16.8 Å². The minimum Gasteiger partial charge on any atom is -0.397 e. The molecule has 1 amide bonds. The Kier molecular flexibility index (Phi) is 3.38. The molecule has 0 bridgehead atoms. The summed E-state index contributed by atoms with van der Waals surface area (Å²) in [5, 5.41) is 3.29. The molecule has 0 unspecified atom stereocenters. The second-order valence-corrected chi connectivity index (χ2v) is 4.83. The van der Waals surface area contributed by atoms with Crippen molar-refractivity contribution in [3.63, 3.8) is 0 Å². The highest BCUT2D eigenvalue weighted by Gasteiger charge is 2.28. The number of aromatic nitrogens is 1. The summed E-state index contributed by atoms with van der Waals surface area (Å²) >= 11 is 0. The van der Waals surface area contributed by atoms with Crippen LogP contribution >= 0.6 is 0 Å². The molecule has 0 atom stereocenters. The molecule has 1 saturated heterocycles. The van der Waals surface area contributed by atoms with Gasteiger partial charge in [-0.15, -0.1) is 0 Å². The lowest BCUT2D eigenvalue weighted by atomic mass is 9.92. The lowest BCUT2D eigenvalue weighted by molar-refractivity contribution is 0.0657. The second-order valence-electron chi connectivity index (χ2n) is 4.83. The van der Waals surface area contributed by atoms with E-state index in [0.29, 0.717) is 30.3 Å². The number of carbonyl (C=O) groups excluding carboxylic acids is 1. The summed E-state index contributed by atoms with van der Waals surface area (Å²) in [4.78, 5) is 15.5. The number of amides is 1. The van der Waals surface area contributed by atoms with E-state index < -0.39 is 5.91 Å². The normalized spacial score (nSPS) is 18.3. The Bertz CT molecular complexity index is 455.